The fraction of sp³-hybridized carbons (Fsp3) is 0.429. The zero-order valence-corrected chi connectivity index (χ0v) is 11.1. The zero-order valence-electron chi connectivity index (χ0n) is 11.1. The van der Waals surface area contributed by atoms with Gasteiger partial charge in [0, 0.05) is 6.54 Å². The number of amides is 1. The molecule has 0 saturated carbocycles. The van der Waals surface area contributed by atoms with Gasteiger partial charge in [-0.2, -0.15) is 0 Å². The van der Waals surface area contributed by atoms with Crippen LogP contribution >= 0.6 is 0 Å². The lowest BCUT2D eigenvalue weighted by Gasteiger charge is -2.38. The summed E-state index contributed by atoms with van der Waals surface area (Å²) in [6.07, 6.45) is 0.151. The second kappa shape index (κ2) is 5.73. The summed E-state index contributed by atoms with van der Waals surface area (Å²) < 4.78 is 10.1. The smallest absolute Gasteiger partial charge is 0.306 e. The van der Waals surface area contributed by atoms with Gasteiger partial charge in [-0.3, -0.25) is 9.59 Å². The Morgan fingerprint density at radius 3 is 2.79 bits per heavy atom. The SMILES string of the molecule is CCOC(=O)CC1CN(c2ccccc2OC)C1=O. The average Bonchev–Trinajstić information content (AvgIpc) is 2.43. The summed E-state index contributed by atoms with van der Waals surface area (Å²) in [5, 5.41) is 0. The van der Waals surface area contributed by atoms with Crippen LogP contribution in [0.5, 0.6) is 5.75 Å². The van der Waals surface area contributed by atoms with Crippen LogP contribution in [0.1, 0.15) is 13.3 Å². The van der Waals surface area contributed by atoms with Crippen molar-refractivity contribution >= 4 is 17.6 Å². The highest BCUT2D eigenvalue weighted by Gasteiger charge is 2.40. The van der Waals surface area contributed by atoms with E-state index in [0.29, 0.717) is 18.9 Å². The van der Waals surface area contributed by atoms with Crippen molar-refractivity contribution < 1.29 is 19.1 Å². The zero-order chi connectivity index (χ0) is 13.8. The van der Waals surface area contributed by atoms with Crippen molar-refractivity contribution in [2.75, 3.05) is 25.2 Å². The van der Waals surface area contributed by atoms with Crippen molar-refractivity contribution in [1.29, 1.82) is 0 Å². The molecule has 5 heteroatoms. The fourth-order valence-electron chi connectivity index (χ4n) is 2.14. The molecule has 1 atom stereocenters. The Labute approximate surface area is 112 Å². The van der Waals surface area contributed by atoms with Gasteiger partial charge in [0.15, 0.2) is 0 Å². The first-order chi connectivity index (χ1) is 9.17. The second-order valence-electron chi connectivity index (χ2n) is 4.33. The Bertz CT molecular complexity index is 486. The number of esters is 1. The van der Waals surface area contributed by atoms with Gasteiger partial charge in [-0.15, -0.1) is 0 Å². The van der Waals surface area contributed by atoms with Crippen LogP contribution in [0.3, 0.4) is 0 Å². The number of nitrogens with zero attached hydrogens (tertiary/aromatic N) is 1. The van der Waals surface area contributed by atoms with Gasteiger partial charge < -0.3 is 14.4 Å². The highest BCUT2D eigenvalue weighted by molar-refractivity contribution is 6.04. The molecule has 1 aliphatic heterocycles. The lowest BCUT2D eigenvalue weighted by atomic mass is 9.94. The number of benzene rings is 1. The Kier molecular flexibility index (Phi) is 4.04. The van der Waals surface area contributed by atoms with E-state index >= 15 is 0 Å². The number of para-hydroxylation sites is 2. The highest BCUT2D eigenvalue weighted by atomic mass is 16.5. The number of carbonyl (C=O) groups is 2. The standard InChI is InChI=1S/C14H17NO4/c1-3-19-13(16)8-10-9-15(14(10)17)11-6-4-5-7-12(11)18-2/h4-7,10H,3,8-9H2,1-2H3. The highest BCUT2D eigenvalue weighted by Crippen LogP contribution is 2.34. The average molecular weight is 263 g/mol. The van der Waals surface area contributed by atoms with Crippen molar-refractivity contribution in [2.45, 2.75) is 13.3 Å². The molecule has 1 amide bonds. The third-order valence-corrected chi connectivity index (χ3v) is 3.11. The molecule has 1 aliphatic rings. The van der Waals surface area contributed by atoms with Gasteiger partial charge >= 0.3 is 5.97 Å². The molecule has 0 aromatic heterocycles. The first-order valence-corrected chi connectivity index (χ1v) is 6.27. The Hall–Kier alpha value is -2.04. The molecule has 1 aromatic rings. The molecular formula is C14H17NO4. The van der Waals surface area contributed by atoms with Crippen LogP contribution < -0.4 is 9.64 Å². The van der Waals surface area contributed by atoms with Crippen LogP contribution in [-0.2, 0) is 14.3 Å². The third kappa shape index (κ3) is 2.70. The van der Waals surface area contributed by atoms with E-state index in [0.717, 1.165) is 5.69 Å². The van der Waals surface area contributed by atoms with Crippen LogP contribution in [0.15, 0.2) is 24.3 Å². The summed E-state index contributed by atoms with van der Waals surface area (Å²) in [4.78, 5) is 25.0. The Morgan fingerprint density at radius 2 is 2.16 bits per heavy atom. The van der Waals surface area contributed by atoms with Crippen LogP contribution in [-0.4, -0.2) is 32.1 Å². The quantitative estimate of drug-likeness (QED) is 0.598. The first-order valence-electron chi connectivity index (χ1n) is 6.27. The van der Waals surface area contributed by atoms with E-state index in [-0.39, 0.29) is 24.2 Å². The fourth-order valence-corrected chi connectivity index (χ4v) is 2.14. The largest absolute Gasteiger partial charge is 0.495 e. The van der Waals surface area contributed by atoms with Gasteiger partial charge in [0.1, 0.15) is 5.75 Å². The Morgan fingerprint density at radius 1 is 1.42 bits per heavy atom. The molecule has 0 bridgehead atoms. The minimum Gasteiger partial charge on any atom is -0.495 e. The summed E-state index contributed by atoms with van der Waals surface area (Å²) in [6.45, 7) is 2.62. The molecule has 1 saturated heterocycles. The molecule has 5 nitrogen and oxygen atoms in total. The number of β-lactam (4-membered cyclic amide) rings is 1. The molecule has 2 rings (SSSR count). The molecule has 0 aliphatic carbocycles. The van der Waals surface area contributed by atoms with Gasteiger partial charge in [0.25, 0.3) is 0 Å². The lowest BCUT2D eigenvalue weighted by Crippen LogP contribution is -2.53. The van der Waals surface area contributed by atoms with Gasteiger partial charge in [0.2, 0.25) is 5.91 Å². The van der Waals surface area contributed by atoms with Crippen molar-refractivity contribution in [1.82, 2.24) is 0 Å². The molecule has 1 fully saturated rings. The monoisotopic (exact) mass is 263 g/mol. The van der Waals surface area contributed by atoms with Gasteiger partial charge in [-0.25, -0.2) is 0 Å². The number of methoxy groups -OCH3 is 1. The Balaban J connectivity index is 2.00. The summed E-state index contributed by atoms with van der Waals surface area (Å²) in [5.41, 5.74) is 0.745. The van der Waals surface area contributed by atoms with Crippen molar-refractivity contribution in [3.63, 3.8) is 0 Å². The minimum absolute atomic E-state index is 0.0578. The lowest BCUT2D eigenvalue weighted by molar-refractivity contribution is -0.147. The van der Waals surface area contributed by atoms with E-state index < -0.39 is 0 Å². The summed E-state index contributed by atoms with van der Waals surface area (Å²) in [6, 6.07) is 7.34. The second-order valence-corrected chi connectivity index (χ2v) is 4.33. The third-order valence-electron chi connectivity index (χ3n) is 3.11. The normalized spacial score (nSPS) is 17.9. The van der Waals surface area contributed by atoms with Crippen LogP contribution in [0.25, 0.3) is 0 Å². The molecule has 0 N–H and O–H groups in total. The maximum Gasteiger partial charge on any atom is 0.306 e. The number of anilines is 1. The van der Waals surface area contributed by atoms with Gasteiger partial charge in [-0.1, -0.05) is 12.1 Å². The maximum atomic E-state index is 12.0. The molecule has 0 radical (unpaired) electrons. The molecule has 0 spiro atoms. The van der Waals surface area contributed by atoms with Crippen LogP contribution in [0.2, 0.25) is 0 Å². The van der Waals surface area contributed by atoms with E-state index in [1.165, 1.54) is 0 Å². The van der Waals surface area contributed by atoms with E-state index in [1.54, 1.807) is 25.0 Å². The van der Waals surface area contributed by atoms with E-state index in [2.05, 4.69) is 0 Å². The topological polar surface area (TPSA) is 55.8 Å². The number of hydrogen-bond acceptors (Lipinski definition) is 4. The molecule has 1 heterocycles. The van der Waals surface area contributed by atoms with Crippen molar-refractivity contribution in [3.8, 4) is 5.75 Å². The first kappa shape index (κ1) is 13.4. The summed E-state index contributed by atoms with van der Waals surface area (Å²) in [5.74, 6) is 0.00692. The summed E-state index contributed by atoms with van der Waals surface area (Å²) in [7, 11) is 1.57. The predicted octanol–water partition coefficient (Wildman–Crippen LogP) is 1.61. The molecule has 19 heavy (non-hydrogen) atoms. The van der Waals surface area contributed by atoms with Gasteiger partial charge in [-0.05, 0) is 19.1 Å². The van der Waals surface area contributed by atoms with Crippen molar-refractivity contribution in [3.05, 3.63) is 24.3 Å². The minimum atomic E-state index is -0.319. The van der Waals surface area contributed by atoms with Gasteiger partial charge in [0.05, 0.1) is 31.7 Å². The number of hydrogen-bond donors (Lipinski definition) is 0. The maximum absolute atomic E-state index is 12.0. The van der Waals surface area contributed by atoms with E-state index in [9.17, 15) is 9.59 Å². The molecule has 1 unspecified atom stereocenters. The predicted molar refractivity (Wildman–Crippen MR) is 70.1 cm³/mol. The van der Waals surface area contributed by atoms with Crippen LogP contribution in [0.4, 0.5) is 5.69 Å². The van der Waals surface area contributed by atoms with Crippen molar-refractivity contribution in [2.24, 2.45) is 5.92 Å². The number of ether oxygens (including phenoxy) is 2. The summed E-state index contributed by atoms with van der Waals surface area (Å²) >= 11 is 0. The van der Waals surface area contributed by atoms with E-state index in [4.69, 9.17) is 9.47 Å². The number of rotatable bonds is 5. The molecular weight excluding hydrogens is 246 g/mol. The van der Waals surface area contributed by atoms with Crippen LogP contribution in [0, 0.1) is 5.92 Å². The number of carbonyl (C=O) groups excluding carboxylic acids is 2. The van der Waals surface area contributed by atoms with E-state index in [1.807, 2.05) is 18.2 Å². The molecule has 102 valence electrons. The molecule has 1 aromatic carbocycles.